The molecule has 1 aromatic rings. The van der Waals surface area contributed by atoms with Crippen LogP contribution in [0.4, 0.5) is 0 Å². The van der Waals surface area contributed by atoms with E-state index in [1.807, 2.05) is 24.5 Å². The van der Waals surface area contributed by atoms with Gasteiger partial charge in [0.25, 0.3) is 5.91 Å². The lowest BCUT2D eigenvalue weighted by atomic mass is 9.95. The van der Waals surface area contributed by atoms with E-state index in [0.717, 1.165) is 16.2 Å². The Morgan fingerprint density at radius 3 is 2.84 bits per heavy atom. The molecular weight excluding hydrogens is 336 g/mol. The van der Waals surface area contributed by atoms with Gasteiger partial charge in [0, 0.05) is 36.3 Å². The zero-order valence-corrected chi connectivity index (χ0v) is 15.4. The van der Waals surface area contributed by atoms with Crippen LogP contribution >= 0.6 is 11.8 Å². The first-order valence-electron chi connectivity index (χ1n) is 8.19. The van der Waals surface area contributed by atoms with Crippen molar-refractivity contribution in [2.75, 3.05) is 27.0 Å². The molecule has 1 aliphatic heterocycles. The third-order valence-electron chi connectivity index (χ3n) is 4.22. The van der Waals surface area contributed by atoms with Gasteiger partial charge in [-0.15, -0.1) is 11.8 Å². The Kier molecular flexibility index (Phi) is 5.13. The van der Waals surface area contributed by atoms with E-state index in [-0.39, 0.29) is 17.3 Å². The molecule has 0 atom stereocenters. The summed E-state index contributed by atoms with van der Waals surface area (Å²) in [6, 6.07) is 5.97. The molecule has 1 fully saturated rings. The number of allylic oxidation sites excluding steroid dienone is 1. The van der Waals surface area contributed by atoms with Gasteiger partial charge >= 0.3 is 0 Å². The van der Waals surface area contributed by atoms with Gasteiger partial charge in [0.05, 0.1) is 12.3 Å². The topological polar surface area (TPSA) is 77.8 Å². The van der Waals surface area contributed by atoms with Crippen LogP contribution in [0.2, 0.25) is 0 Å². The molecule has 2 aliphatic rings. The first-order chi connectivity index (χ1) is 12.0. The fourth-order valence-corrected chi connectivity index (χ4v) is 3.04. The fraction of sp³-hybridized carbons (Fsp3) is 0.389. The van der Waals surface area contributed by atoms with Gasteiger partial charge in [-0.05, 0) is 43.2 Å². The highest BCUT2D eigenvalue weighted by molar-refractivity contribution is 7.98. The molecule has 0 spiro atoms. The standard InChI is InChI=1S/C18H22N4O2S/c1-20-21-17-16(19)14(9-22(2)18(17)23)13-8-12(25-3)6-7-15(13)24-10-11-4-5-11/h6-9,11,19-20H,4-5,10H2,1-3H3/b19-16?,21-17+. The Morgan fingerprint density at radius 1 is 1.44 bits per heavy atom. The van der Waals surface area contributed by atoms with Crippen LogP contribution < -0.4 is 10.2 Å². The summed E-state index contributed by atoms with van der Waals surface area (Å²) in [5, 5.41) is 12.5. The number of amides is 1. The molecule has 0 unspecified atom stereocenters. The molecule has 0 aromatic heterocycles. The van der Waals surface area contributed by atoms with Crippen LogP contribution in [0.15, 0.2) is 34.4 Å². The summed E-state index contributed by atoms with van der Waals surface area (Å²) in [4.78, 5) is 14.8. The number of rotatable bonds is 6. The summed E-state index contributed by atoms with van der Waals surface area (Å²) in [5.41, 5.74) is 4.28. The average Bonchev–Trinajstić information content (AvgIpc) is 3.44. The first kappa shape index (κ1) is 17.5. The molecule has 25 heavy (non-hydrogen) atoms. The van der Waals surface area contributed by atoms with Gasteiger partial charge in [0.15, 0.2) is 5.71 Å². The van der Waals surface area contributed by atoms with E-state index in [4.69, 9.17) is 10.1 Å². The molecule has 1 heterocycles. The molecular formula is C18H22N4O2S. The van der Waals surface area contributed by atoms with Crippen molar-refractivity contribution in [1.82, 2.24) is 10.3 Å². The highest BCUT2D eigenvalue weighted by Gasteiger charge is 2.31. The molecule has 0 saturated heterocycles. The van der Waals surface area contributed by atoms with Crippen molar-refractivity contribution in [1.29, 1.82) is 5.41 Å². The smallest absolute Gasteiger partial charge is 0.280 e. The third-order valence-corrected chi connectivity index (χ3v) is 4.95. The van der Waals surface area contributed by atoms with Crippen LogP contribution in [0.5, 0.6) is 5.75 Å². The monoisotopic (exact) mass is 358 g/mol. The van der Waals surface area contributed by atoms with Gasteiger partial charge in [-0.1, -0.05) is 0 Å². The predicted octanol–water partition coefficient (Wildman–Crippen LogP) is 2.61. The van der Waals surface area contributed by atoms with Gasteiger partial charge in [0.2, 0.25) is 0 Å². The second-order valence-corrected chi connectivity index (χ2v) is 7.01. The van der Waals surface area contributed by atoms with Crippen molar-refractivity contribution in [2.45, 2.75) is 17.7 Å². The number of carbonyl (C=O) groups excluding carboxylic acids is 1. The number of hydrogen-bond donors (Lipinski definition) is 2. The quantitative estimate of drug-likeness (QED) is 0.605. The lowest BCUT2D eigenvalue weighted by Gasteiger charge is -2.24. The number of nitrogens with one attached hydrogen (secondary N) is 2. The van der Waals surface area contributed by atoms with Crippen LogP contribution in [-0.2, 0) is 4.79 Å². The van der Waals surface area contributed by atoms with Crippen molar-refractivity contribution in [2.24, 2.45) is 11.0 Å². The number of ether oxygens (including phenoxy) is 1. The summed E-state index contributed by atoms with van der Waals surface area (Å²) in [6.07, 6.45) is 6.12. The van der Waals surface area contributed by atoms with Crippen molar-refractivity contribution >= 4 is 34.7 Å². The van der Waals surface area contributed by atoms with E-state index in [2.05, 4.69) is 10.5 Å². The van der Waals surface area contributed by atoms with Gasteiger partial charge in [-0.3, -0.25) is 10.2 Å². The van der Waals surface area contributed by atoms with Crippen LogP contribution in [0, 0.1) is 11.3 Å². The summed E-state index contributed by atoms with van der Waals surface area (Å²) in [5.74, 6) is 1.08. The Morgan fingerprint density at radius 2 is 2.20 bits per heavy atom. The average molecular weight is 358 g/mol. The minimum absolute atomic E-state index is 0.102. The van der Waals surface area contributed by atoms with Crippen molar-refractivity contribution < 1.29 is 9.53 Å². The first-order valence-corrected chi connectivity index (χ1v) is 9.41. The minimum atomic E-state index is -0.301. The van der Waals surface area contributed by atoms with E-state index in [0.29, 0.717) is 18.1 Å². The maximum Gasteiger partial charge on any atom is 0.280 e. The van der Waals surface area contributed by atoms with E-state index in [1.54, 1.807) is 32.1 Å². The molecule has 0 radical (unpaired) electrons. The van der Waals surface area contributed by atoms with Gasteiger partial charge in [0.1, 0.15) is 5.75 Å². The molecule has 7 heteroatoms. The summed E-state index contributed by atoms with van der Waals surface area (Å²) in [6.45, 7) is 0.693. The molecule has 132 valence electrons. The van der Waals surface area contributed by atoms with Crippen LogP contribution in [-0.4, -0.2) is 49.2 Å². The van der Waals surface area contributed by atoms with Gasteiger partial charge in [-0.2, -0.15) is 5.10 Å². The summed E-state index contributed by atoms with van der Waals surface area (Å²) in [7, 11) is 3.28. The highest BCUT2D eigenvalue weighted by Crippen LogP contribution is 2.35. The lowest BCUT2D eigenvalue weighted by molar-refractivity contribution is -0.120. The zero-order chi connectivity index (χ0) is 18.0. The van der Waals surface area contributed by atoms with E-state index >= 15 is 0 Å². The number of hydrogen-bond acceptors (Lipinski definition) is 6. The van der Waals surface area contributed by atoms with Crippen LogP contribution in [0.1, 0.15) is 18.4 Å². The SMILES string of the molecule is CN/N=C1\C(=N)C(c2cc(SC)ccc2OCC2CC2)=CN(C)C1=O. The Bertz CT molecular complexity index is 768. The number of benzene rings is 1. The predicted molar refractivity (Wildman–Crippen MR) is 101 cm³/mol. The van der Waals surface area contributed by atoms with Gasteiger partial charge in [-0.25, -0.2) is 0 Å². The van der Waals surface area contributed by atoms with Crippen LogP contribution in [0.25, 0.3) is 5.57 Å². The number of thioether (sulfide) groups is 1. The van der Waals surface area contributed by atoms with Crippen molar-refractivity contribution in [3.8, 4) is 5.75 Å². The molecule has 0 bridgehead atoms. The molecule has 1 saturated carbocycles. The molecule has 1 aliphatic carbocycles. The molecule has 3 rings (SSSR count). The van der Waals surface area contributed by atoms with E-state index in [1.165, 1.54) is 17.7 Å². The second kappa shape index (κ2) is 7.31. The fourth-order valence-electron chi connectivity index (χ4n) is 2.60. The maximum atomic E-state index is 12.3. The van der Waals surface area contributed by atoms with E-state index < -0.39 is 0 Å². The number of hydrazone groups is 1. The number of nitrogens with zero attached hydrogens (tertiary/aromatic N) is 2. The third kappa shape index (κ3) is 3.71. The summed E-state index contributed by atoms with van der Waals surface area (Å²) < 4.78 is 6.01. The molecule has 2 N–H and O–H groups in total. The summed E-state index contributed by atoms with van der Waals surface area (Å²) >= 11 is 1.63. The molecule has 1 aromatic carbocycles. The highest BCUT2D eigenvalue weighted by atomic mass is 32.2. The van der Waals surface area contributed by atoms with Crippen molar-refractivity contribution in [3.05, 3.63) is 30.0 Å². The molecule has 1 amide bonds. The van der Waals surface area contributed by atoms with E-state index in [9.17, 15) is 4.79 Å². The van der Waals surface area contributed by atoms with Crippen LogP contribution in [0.3, 0.4) is 0 Å². The Hall–Kier alpha value is -2.28. The Labute approximate surface area is 151 Å². The molecule has 6 nitrogen and oxygen atoms in total. The zero-order valence-electron chi connectivity index (χ0n) is 14.6. The largest absolute Gasteiger partial charge is 0.493 e. The van der Waals surface area contributed by atoms with Gasteiger partial charge < -0.3 is 15.1 Å². The number of carbonyl (C=O) groups is 1. The maximum absolute atomic E-state index is 12.3. The second-order valence-electron chi connectivity index (χ2n) is 6.13. The Balaban J connectivity index is 2.02. The lowest BCUT2D eigenvalue weighted by Crippen LogP contribution is -2.40. The van der Waals surface area contributed by atoms with Crippen molar-refractivity contribution in [3.63, 3.8) is 0 Å². The normalized spacial score (nSPS) is 19.2. The minimum Gasteiger partial charge on any atom is -0.493 e.